The second-order valence-corrected chi connectivity index (χ2v) is 3.82. The molecule has 0 fully saturated rings. The summed E-state index contributed by atoms with van der Waals surface area (Å²) in [6.45, 7) is 2.38. The van der Waals surface area contributed by atoms with Gasteiger partial charge in [-0.25, -0.2) is 0 Å². The van der Waals surface area contributed by atoms with Crippen LogP contribution in [0.25, 0.3) is 0 Å². The van der Waals surface area contributed by atoms with E-state index in [-0.39, 0.29) is 17.0 Å². The summed E-state index contributed by atoms with van der Waals surface area (Å²) >= 11 is 0. The number of pyridine rings is 1. The van der Waals surface area contributed by atoms with Crippen molar-refractivity contribution in [3.8, 4) is 5.75 Å². The van der Waals surface area contributed by atoms with E-state index in [1.54, 1.807) is 18.2 Å². The first-order valence-electron chi connectivity index (χ1n) is 5.92. The molecule has 1 heterocycles. The number of aromatic amines is 1. The van der Waals surface area contributed by atoms with Gasteiger partial charge in [-0.3, -0.25) is 9.59 Å². The van der Waals surface area contributed by atoms with Gasteiger partial charge in [0, 0.05) is 18.3 Å². The van der Waals surface area contributed by atoms with Crippen LogP contribution < -0.4 is 15.5 Å². The van der Waals surface area contributed by atoms with E-state index in [1.807, 2.05) is 13.0 Å². The van der Waals surface area contributed by atoms with Crippen LogP contribution in [-0.4, -0.2) is 17.5 Å². The Morgan fingerprint density at radius 3 is 2.84 bits per heavy atom. The highest BCUT2D eigenvalue weighted by Crippen LogP contribution is 2.23. The van der Waals surface area contributed by atoms with Gasteiger partial charge in [-0.05, 0) is 19.1 Å². The normalized spacial score (nSPS) is 9.95. The number of H-pyrrole nitrogens is 1. The van der Waals surface area contributed by atoms with Crippen LogP contribution in [0.15, 0.2) is 47.4 Å². The number of aromatic nitrogens is 1. The monoisotopic (exact) mass is 258 g/mol. The van der Waals surface area contributed by atoms with Gasteiger partial charge < -0.3 is 15.0 Å². The predicted molar refractivity (Wildman–Crippen MR) is 72.6 cm³/mol. The van der Waals surface area contributed by atoms with Crippen LogP contribution in [0, 0.1) is 0 Å². The SMILES string of the molecule is CCOc1ccccc1NC(=O)c1cc(=O)cc[nH]1. The lowest BCUT2D eigenvalue weighted by molar-refractivity contribution is 0.102. The number of para-hydroxylation sites is 2. The third-order valence-electron chi connectivity index (χ3n) is 2.45. The highest BCUT2D eigenvalue weighted by atomic mass is 16.5. The number of carbonyl (C=O) groups is 1. The van der Waals surface area contributed by atoms with Gasteiger partial charge in [0.2, 0.25) is 0 Å². The molecule has 2 aromatic rings. The first kappa shape index (κ1) is 12.9. The molecule has 1 aromatic carbocycles. The van der Waals surface area contributed by atoms with Gasteiger partial charge in [0.1, 0.15) is 11.4 Å². The van der Waals surface area contributed by atoms with Gasteiger partial charge in [-0.2, -0.15) is 0 Å². The molecule has 2 N–H and O–H groups in total. The number of anilines is 1. The second kappa shape index (κ2) is 5.86. The summed E-state index contributed by atoms with van der Waals surface area (Å²) in [5.41, 5.74) is 0.555. The highest BCUT2D eigenvalue weighted by molar-refractivity contribution is 6.03. The molecule has 0 saturated heterocycles. The zero-order chi connectivity index (χ0) is 13.7. The van der Waals surface area contributed by atoms with E-state index in [1.165, 1.54) is 18.3 Å². The van der Waals surface area contributed by atoms with Gasteiger partial charge in [-0.15, -0.1) is 0 Å². The molecule has 98 valence electrons. The van der Waals surface area contributed by atoms with Crippen LogP contribution in [-0.2, 0) is 0 Å². The number of nitrogens with one attached hydrogen (secondary N) is 2. The number of hydrogen-bond donors (Lipinski definition) is 2. The van der Waals surface area contributed by atoms with E-state index >= 15 is 0 Å². The fraction of sp³-hybridized carbons (Fsp3) is 0.143. The van der Waals surface area contributed by atoms with E-state index < -0.39 is 0 Å². The third-order valence-corrected chi connectivity index (χ3v) is 2.45. The minimum absolute atomic E-state index is 0.207. The molecular weight excluding hydrogens is 244 g/mol. The number of rotatable bonds is 4. The molecule has 1 aromatic heterocycles. The fourth-order valence-electron chi connectivity index (χ4n) is 1.62. The molecule has 0 atom stereocenters. The van der Waals surface area contributed by atoms with Gasteiger partial charge in [0.25, 0.3) is 5.91 Å². The summed E-state index contributed by atoms with van der Waals surface area (Å²) in [5, 5.41) is 2.70. The second-order valence-electron chi connectivity index (χ2n) is 3.82. The van der Waals surface area contributed by atoms with Crippen molar-refractivity contribution in [3.05, 3.63) is 58.5 Å². The average molecular weight is 258 g/mol. The zero-order valence-electron chi connectivity index (χ0n) is 10.5. The lowest BCUT2D eigenvalue weighted by Gasteiger charge is -2.10. The Kier molecular flexibility index (Phi) is 3.97. The van der Waals surface area contributed by atoms with Crippen molar-refractivity contribution < 1.29 is 9.53 Å². The number of benzene rings is 1. The van der Waals surface area contributed by atoms with Crippen LogP contribution in [0.4, 0.5) is 5.69 Å². The van der Waals surface area contributed by atoms with E-state index in [0.717, 1.165) is 0 Å². The van der Waals surface area contributed by atoms with Crippen molar-refractivity contribution >= 4 is 11.6 Å². The van der Waals surface area contributed by atoms with E-state index in [2.05, 4.69) is 10.3 Å². The molecule has 5 heteroatoms. The maximum atomic E-state index is 12.0. The lowest BCUT2D eigenvalue weighted by atomic mass is 10.2. The van der Waals surface area contributed by atoms with E-state index in [9.17, 15) is 9.59 Å². The Morgan fingerprint density at radius 1 is 1.32 bits per heavy atom. The van der Waals surface area contributed by atoms with Crippen LogP contribution >= 0.6 is 0 Å². The van der Waals surface area contributed by atoms with Gasteiger partial charge in [-0.1, -0.05) is 12.1 Å². The minimum atomic E-state index is -0.384. The molecule has 2 rings (SSSR count). The zero-order valence-corrected chi connectivity index (χ0v) is 10.5. The molecule has 5 nitrogen and oxygen atoms in total. The average Bonchev–Trinajstić information content (AvgIpc) is 2.41. The first-order chi connectivity index (χ1) is 9.20. The largest absolute Gasteiger partial charge is 0.492 e. The molecule has 1 amide bonds. The Bertz CT molecular complexity index is 634. The van der Waals surface area contributed by atoms with Crippen molar-refractivity contribution in [2.45, 2.75) is 6.92 Å². The minimum Gasteiger partial charge on any atom is -0.492 e. The summed E-state index contributed by atoms with van der Waals surface area (Å²) in [7, 11) is 0. The van der Waals surface area contributed by atoms with Crippen molar-refractivity contribution in [3.63, 3.8) is 0 Å². The molecule has 0 aliphatic carbocycles. The summed E-state index contributed by atoms with van der Waals surface area (Å²) in [4.78, 5) is 25.9. The van der Waals surface area contributed by atoms with Crippen molar-refractivity contribution in [1.29, 1.82) is 0 Å². The first-order valence-corrected chi connectivity index (χ1v) is 5.92. The summed E-state index contributed by atoms with van der Waals surface area (Å²) in [6.07, 6.45) is 1.44. The Hall–Kier alpha value is -2.56. The van der Waals surface area contributed by atoms with Gasteiger partial charge >= 0.3 is 0 Å². The van der Waals surface area contributed by atoms with Crippen LogP contribution in [0.1, 0.15) is 17.4 Å². The van der Waals surface area contributed by atoms with Crippen molar-refractivity contribution in [2.75, 3.05) is 11.9 Å². The molecule has 0 spiro atoms. The number of carbonyl (C=O) groups excluding carboxylic acids is 1. The standard InChI is InChI=1S/C14H14N2O3/c1-2-19-13-6-4-3-5-11(13)16-14(18)12-9-10(17)7-8-15-12/h3-9H,2H2,1H3,(H,15,17)(H,16,18). The number of amides is 1. The van der Waals surface area contributed by atoms with Gasteiger partial charge in [0.15, 0.2) is 5.43 Å². The van der Waals surface area contributed by atoms with Crippen LogP contribution in [0.3, 0.4) is 0 Å². The predicted octanol–water partition coefficient (Wildman–Crippen LogP) is 2.03. The topological polar surface area (TPSA) is 71.2 Å². The molecule has 19 heavy (non-hydrogen) atoms. The van der Waals surface area contributed by atoms with E-state index in [0.29, 0.717) is 18.0 Å². The molecule has 0 bridgehead atoms. The third kappa shape index (κ3) is 3.22. The number of hydrogen-bond acceptors (Lipinski definition) is 3. The smallest absolute Gasteiger partial charge is 0.272 e. The molecule has 0 saturated carbocycles. The molecule has 0 aliphatic heterocycles. The fourth-order valence-corrected chi connectivity index (χ4v) is 1.62. The highest BCUT2D eigenvalue weighted by Gasteiger charge is 2.10. The Balaban J connectivity index is 2.21. The van der Waals surface area contributed by atoms with E-state index in [4.69, 9.17) is 4.74 Å². The summed E-state index contributed by atoms with van der Waals surface area (Å²) in [6, 6.07) is 9.73. The molecule has 0 radical (unpaired) electrons. The van der Waals surface area contributed by atoms with Crippen molar-refractivity contribution in [2.24, 2.45) is 0 Å². The quantitative estimate of drug-likeness (QED) is 0.881. The maximum absolute atomic E-state index is 12.0. The summed E-state index contributed by atoms with van der Waals surface area (Å²) in [5.74, 6) is 0.210. The maximum Gasteiger partial charge on any atom is 0.272 e. The van der Waals surface area contributed by atoms with Crippen LogP contribution in [0.2, 0.25) is 0 Å². The Morgan fingerprint density at radius 2 is 2.11 bits per heavy atom. The van der Waals surface area contributed by atoms with Crippen molar-refractivity contribution in [1.82, 2.24) is 4.98 Å². The summed E-state index contributed by atoms with van der Waals surface area (Å²) < 4.78 is 5.41. The number of ether oxygens (including phenoxy) is 1. The van der Waals surface area contributed by atoms with Crippen LogP contribution in [0.5, 0.6) is 5.75 Å². The molecular formula is C14H14N2O3. The Labute approximate surface area is 110 Å². The van der Waals surface area contributed by atoms with Gasteiger partial charge in [0.05, 0.1) is 12.3 Å². The molecule has 0 unspecified atom stereocenters. The lowest BCUT2D eigenvalue weighted by Crippen LogP contribution is -2.16. The molecule has 0 aliphatic rings.